The number of rotatable bonds is 8. The van der Waals surface area contributed by atoms with E-state index in [0.717, 1.165) is 22.9 Å². The fourth-order valence-corrected chi connectivity index (χ4v) is 2.28. The molecule has 0 radical (unpaired) electrons. The van der Waals surface area contributed by atoms with Gasteiger partial charge in [0.25, 0.3) is 5.56 Å². The van der Waals surface area contributed by atoms with Gasteiger partial charge in [-0.05, 0) is 37.6 Å². The molecule has 0 saturated heterocycles. The number of hydrogen-bond acceptors (Lipinski definition) is 6. The van der Waals surface area contributed by atoms with E-state index >= 15 is 0 Å². The van der Waals surface area contributed by atoms with Crippen LogP contribution in [0.25, 0.3) is 5.69 Å². The Balaban J connectivity index is 2.36. The van der Waals surface area contributed by atoms with Crippen LogP contribution < -0.4 is 10.9 Å². The molecule has 0 bridgehead atoms. The summed E-state index contributed by atoms with van der Waals surface area (Å²) in [4.78, 5) is 47.1. The van der Waals surface area contributed by atoms with Crippen molar-refractivity contribution < 1.29 is 28.6 Å². The number of halogens is 1. The van der Waals surface area contributed by atoms with Gasteiger partial charge in [0.05, 0.1) is 18.0 Å². The standard InChI is InChI=1S/C18H18FN3O6/c1-2-28-18(27)17-13(20-14(23)4-3-5-16(25)26)10-15(24)22(21-17)12-8-6-11(19)7-9-12/h6-10H,2-5H2,1H3,(H,20,23)(H,25,26). The minimum atomic E-state index is -1.04. The molecule has 0 aliphatic heterocycles. The number of benzene rings is 1. The number of esters is 1. The molecule has 1 amide bonds. The fourth-order valence-electron chi connectivity index (χ4n) is 2.28. The zero-order chi connectivity index (χ0) is 20.7. The van der Waals surface area contributed by atoms with E-state index in [2.05, 4.69) is 10.4 Å². The van der Waals surface area contributed by atoms with Crippen LogP contribution in [0.5, 0.6) is 0 Å². The molecule has 2 aromatic rings. The molecular weight excluding hydrogens is 373 g/mol. The zero-order valence-electron chi connectivity index (χ0n) is 15.0. The van der Waals surface area contributed by atoms with E-state index in [9.17, 15) is 23.6 Å². The van der Waals surface area contributed by atoms with Gasteiger partial charge in [-0.1, -0.05) is 0 Å². The Morgan fingerprint density at radius 3 is 2.50 bits per heavy atom. The largest absolute Gasteiger partial charge is 0.481 e. The zero-order valence-corrected chi connectivity index (χ0v) is 15.0. The summed E-state index contributed by atoms with van der Waals surface area (Å²) in [6.07, 6.45) is -0.214. The molecule has 1 aromatic heterocycles. The van der Waals surface area contributed by atoms with Crippen LogP contribution >= 0.6 is 0 Å². The number of amides is 1. The lowest BCUT2D eigenvalue weighted by Crippen LogP contribution is -2.27. The summed E-state index contributed by atoms with van der Waals surface area (Å²) in [6.45, 7) is 1.63. The first kappa shape index (κ1) is 20.7. The second kappa shape index (κ2) is 9.40. The number of aromatic nitrogens is 2. The quantitative estimate of drug-likeness (QED) is 0.656. The van der Waals surface area contributed by atoms with Gasteiger partial charge in [-0.25, -0.2) is 9.18 Å². The molecule has 0 spiro atoms. The molecule has 0 aliphatic carbocycles. The molecule has 0 aliphatic rings. The van der Waals surface area contributed by atoms with Crippen molar-refractivity contribution in [3.63, 3.8) is 0 Å². The van der Waals surface area contributed by atoms with E-state index in [1.807, 2.05) is 0 Å². The molecule has 148 valence electrons. The van der Waals surface area contributed by atoms with Crippen molar-refractivity contribution in [2.75, 3.05) is 11.9 Å². The number of carbonyl (C=O) groups excluding carboxylic acids is 2. The Bertz CT molecular complexity index is 939. The Morgan fingerprint density at radius 2 is 1.89 bits per heavy atom. The average molecular weight is 391 g/mol. The third kappa shape index (κ3) is 5.47. The summed E-state index contributed by atoms with van der Waals surface area (Å²) >= 11 is 0. The smallest absolute Gasteiger partial charge is 0.360 e. The van der Waals surface area contributed by atoms with Crippen molar-refractivity contribution >= 4 is 23.5 Å². The lowest BCUT2D eigenvalue weighted by molar-refractivity contribution is -0.137. The number of nitrogens with one attached hydrogen (secondary N) is 1. The minimum absolute atomic E-state index is 0.0438. The molecule has 0 atom stereocenters. The second-order valence-electron chi connectivity index (χ2n) is 5.65. The van der Waals surface area contributed by atoms with Gasteiger partial charge in [0.1, 0.15) is 5.82 Å². The van der Waals surface area contributed by atoms with Gasteiger partial charge in [-0.2, -0.15) is 9.78 Å². The van der Waals surface area contributed by atoms with Crippen LogP contribution in [0.4, 0.5) is 10.1 Å². The lowest BCUT2D eigenvalue weighted by Gasteiger charge is -2.12. The molecule has 2 rings (SSSR count). The van der Waals surface area contributed by atoms with Crippen molar-refractivity contribution in [3.05, 3.63) is 52.2 Å². The maximum Gasteiger partial charge on any atom is 0.360 e. The normalized spacial score (nSPS) is 10.4. The van der Waals surface area contributed by atoms with Crippen molar-refractivity contribution in [1.82, 2.24) is 9.78 Å². The maximum atomic E-state index is 13.1. The SMILES string of the molecule is CCOC(=O)c1nn(-c2ccc(F)cc2)c(=O)cc1NC(=O)CCCC(=O)O. The number of carboxylic acids is 1. The van der Waals surface area contributed by atoms with Crippen LogP contribution in [0.15, 0.2) is 35.1 Å². The minimum Gasteiger partial charge on any atom is -0.481 e. The molecule has 0 saturated carbocycles. The number of aliphatic carboxylic acids is 1. The highest BCUT2D eigenvalue weighted by Crippen LogP contribution is 2.15. The highest BCUT2D eigenvalue weighted by molar-refractivity contribution is 5.99. The first-order chi connectivity index (χ1) is 13.3. The van der Waals surface area contributed by atoms with Crippen LogP contribution in [0, 0.1) is 5.82 Å². The molecule has 9 nitrogen and oxygen atoms in total. The summed E-state index contributed by atoms with van der Waals surface area (Å²) in [5.74, 6) is -2.98. The molecular formula is C18H18FN3O6. The molecule has 28 heavy (non-hydrogen) atoms. The van der Waals surface area contributed by atoms with Crippen LogP contribution in [0.1, 0.15) is 36.7 Å². The molecule has 1 aromatic carbocycles. The second-order valence-corrected chi connectivity index (χ2v) is 5.65. The van der Waals surface area contributed by atoms with Gasteiger partial charge in [-0.3, -0.25) is 14.4 Å². The molecule has 0 unspecified atom stereocenters. The van der Waals surface area contributed by atoms with Gasteiger partial charge in [0.2, 0.25) is 5.91 Å². The van der Waals surface area contributed by atoms with Crippen LogP contribution in [-0.4, -0.2) is 39.3 Å². The van der Waals surface area contributed by atoms with Crippen molar-refractivity contribution in [2.24, 2.45) is 0 Å². The number of anilines is 1. The van der Waals surface area contributed by atoms with E-state index in [0.29, 0.717) is 0 Å². The summed E-state index contributed by atoms with van der Waals surface area (Å²) in [7, 11) is 0. The van der Waals surface area contributed by atoms with Crippen LogP contribution in [-0.2, 0) is 14.3 Å². The van der Waals surface area contributed by atoms with E-state index < -0.39 is 29.2 Å². The number of carboxylic acid groups (broad SMARTS) is 1. The van der Waals surface area contributed by atoms with Crippen LogP contribution in [0.3, 0.4) is 0 Å². The van der Waals surface area contributed by atoms with Gasteiger partial charge in [0.15, 0.2) is 5.69 Å². The Morgan fingerprint density at radius 1 is 1.21 bits per heavy atom. The van der Waals surface area contributed by atoms with Crippen LogP contribution in [0.2, 0.25) is 0 Å². The monoisotopic (exact) mass is 391 g/mol. The third-order valence-corrected chi connectivity index (χ3v) is 3.54. The first-order valence-corrected chi connectivity index (χ1v) is 8.41. The number of nitrogens with zero attached hydrogens (tertiary/aromatic N) is 2. The first-order valence-electron chi connectivity index (χ1n) is 8.41. The Kier molecular flexibility index (Phi) is 6.96. The lowest BCUT2D eigenvalue weighted by atomic mass is 10.2. The molecule has 0 fully saturated rings. The van der Waals surface area contributed by atoms with Crippen molar-refractivity contribution in [3.8, 4) is 5.69 Å². The summed E-state index contributed by atoms with van der Waals surface area (Å²) in [5.41, 5.74) is -0.906. The van der Waals surface area contributed by atoms with Gasteiger partial charge in [0, 0.05) is 18.9 Å². The van der Waals surface area contributed by atoms with E-state index in [4.69, 9.17) is 9.84 Å². The number of ether oxygens (including phenoxy) is 1. The average Bonchev–Trinajstić information content (AvgIpc) is 2.62. The number of carbonyl (C=O) groups is 3. The molecule has 10 heteroatoms. The highest BCUT2D eigenvalue weighted by atomic mass is 19.1. The van der Waals surface area contributed by atoms with E-state index in [1.54, 1.807) is 6.92 Å². The van der Waals surface area contributed by atoms with E-state index in [-0.39, 0.29) is 42.9 Å². The summed E-state index contributed by atoms with van der Waals surface area (Å²) in [5, 5.41) is 14.9. The predicted octanol–water partition coefficient (Wildman–Crippen LogP) is 1.74. The maximum absolute atomic E-state index is 13.1. The van der Waals surface area contributed by atoms with Gasteiger partial charge >= 0.3 is 11.9 Å². The van der Waals surface area contributed by atoms with Crippen molar-refractivity contribution in [1.29, 1.82) is 0 Å². The summed E-state index contributed by atoms with van der Waals surface area (Å²) < 4.78 is 18.9. The fraction of sp³-hybridized carbons (Fsp3) is 0.278. The van der Waals surface area contributed by atoms with Gasteiger partial charge in [-0.15, -0.1) is 0 Å². The van der Waals surface area contributed by atoms with Crippen molar-refractivity contribution in [2.45, 2.75) is 26.2 Å². The summed E-state index contributed by atoms with van der Waals surface area (Å²) in [6, 6.07) is 5.88. The Labute approximate surface area is 158 Å². The topological polar surface area (TPSA) is 128 Å². The van der Waals surface area contributed by atoms with Gasteiger partial charge < -0.3 is 15.2 Å². The molecule has 2 N–H and O–H groups in total. The highest BCUT2D eigenvalue weighted by Gasteiger charge is 2.20. The predicted molar refractivity (Wildman–Crippen MR) is 95.9 cm³/mol. The third-order valence-electron chi connectivity index (χ3n) is 3.54. The number of hydrogen-bond donors (Lipinski definition) is 2. The molecule has 1 heterocycles. The van der Waals surface area contributed by atoms with E-state index in [1.165, 1.54) is 12.1 Å². The Hall–Kier alpha value is -3.56.